The lowest BCUT2D eigenvalue weighted by molar-refractivity contribution is 0.354. The van der Waals surface area contributed by atoms with Crippen LogP contribution in [0, 0.1) is 35.5 Å². The summed E-state index contributed by atoms with van der Waals surface area (Å²) < 4.78 is 22.1. The lowest BCUT2D eigenvalue weighted by Gasteiger charge is -2.10. The number of hydrogen-bond acceptors (Lipinski definition) is 4. The zero-order valence-corrected chi connectivity index (χ0v) is 21.7. The highest BCUT2D eigenvalue weighted by atomic mass is 16.5. The van der Waals surface area contributed by atoms with Crippen LogP contribution in [0.25, 0.3) is 0 Å². The summed E-state index contributed by atoms with van der Waals surface area (Å²) >= 11 is 0. The highest BCUT2D eigenvalue weighted by Gasteiger charge is 2.11. The van der Waals surface area contributed by atoms with Gasteiger partial charge in [-0.2, -0.15) is 0 Å². The maximum Gasteiger partial charge on any atom is 0.162 e. The first-order valence-electron chi connectivity index (χ1n) is 11.8. The van der Waals surface area contributed by atoms with Gasteiger partial charge in [-0.15, -0.1) is 0 Å². The van der Waals surface area contributed by atoms with Crippen LogP contribution in [0.5, 0.6) is 23.0 Å². The van der Waals surface area contributed by atoms with Crippen LogP contribution in [-0.4, -0.2) is 28.4 Å². The average Bonchev–Trinajstić information content (AvgIpc) is 2.98. The van der Waals surface area contributed by atoms with Crippen LogP contribution in [-0.2, 0) is 0 Å². The number of rotatable bonds is 4. The van der Waals surface area contributed by atoms with Gasteiger partial charge in [0, 0.05) is 57.6 Å². The second kappa shape index (κ2) is 12.6. The zero-order chi connectivity index (χ0) is 26.7. The molecule has 0 N–H and O–H groups in total. The molecule has 0 unspecified atom stereocenters. The molecule has 0 saturated carbocycles. The van der Waals surface area contributed by atoms with Crippen LogP contribution >= 0.6 is 0 Å². The molecule has 38 heavy (non-hydrogen) atoms. The fourth-order valence-corrected chi connectivity index (χ4v) is 3.63. The van der Waals surface area contributed by atoms with E-state index in [0.29, 0.717) is 34.1 Å². The second-order valence-corrected chi connectivity index (χ2v) is 7.99. The van der Waals surface area contributed by atoms with Crippen LogP contribution in [0.2, 0.25) is 0 Å². The van der Waals surface area contributed by atoms with Gasteiger partial charge in [0.15, 0.2) is 23.0 Å². The highest BCUT2D eigenvalue weighted by Crippen LogP contribution is 2.32. The number of benzene rings is 4. The molecule has 0 saturated heterocycles. The van der Waals surface area contributed by atoms with Gasteiger partial charge in [0.1, 0.15) is 0 Å². The van der Waals surface area contributed by atoms with Crippen LogP contribution in [0.15, 0.2) is 84.9 Å². The van der Waals surface area contributed by atoms with Crippen molar-refractivity contribution in [3.05, 3.63) is 118 Å². The third kappa shape index (κ3) is 6.30. The second-order valence-electron chi connectivity index (χ2n) is 7.99. The van der Waals surface area contributed by atoms with E-state index in [1.54, 1.807) is 28.4 Å². The zero-order valence-electron chi connectivity index (χ0n) is 21.7. The molecule has 0 radical (unpaired) electrons. The number of ether oxygens (including phenoxy) is 4. The molecule has 0 aromatic heterocycles. The molecule has 0 aliphatic carbocycles. The van der Waals surface area contributed by atoms with E-state index >= 15 is 0 Å². The first-order valence-corrected chi connectivity index (χ1v) is 11.8. The molecule has 186 valence electrons. The molecule has 4 nitrogen and oxygen atoms in total. The summed E-state index contributed by atoms with van der Waals surface area (Å²) in [6.07, 6.45) is 0. The fraction of sp³-hybridized carbons (Fsp3) is 0.118. The molecular formula is C34H26O4. The molecule has 0 spiro atoms. The molecule has 0 bridgehead atoms. The van der Waals surface area contributed by atoms with Crippen molar-refractivity contribution in [2.45, 2.75) is 0 Å². The summed E-state index contributed by atoms with van der Waals surface area (Å²) in [5.74, 6) is 21.7. The van der Waals surface area contributed by atoms with Crippen LogP contribution in [0.1, 0.15) is 33.4 Å². The molecule has 0 atom stereocenters. The summed E-state index contributed by atoms with van der Waals surface area (Å²) in [7, 11) is 6.38. The van der Waals surface area contributed by atoms with Crippen molar-refractivity contribution in [1.29, 1.82) is 0 Å². The molecule has 0 aliphatic heterocycles. The molecule has 0 fully saturated rings. The molecule has 0 aliphatic rings. The van der Waals surface area contributed by atoms with E-state index in [-0.39, 0.29) is 0 Å². The first kappa shape index (κ1) is 25.8. The lowest BCUT2D eigenvalue weighted by Crippen LogP contribution is -1.96. The van der Waals surface area contributed by atoms with Gasteiger partial charge in [-0.05, 0) is 24.3 Å². The standard InChI is InChI=1S/C34H26O4/c1-35-31-21-27(17-15-25-11-7-5-8-12-25)29(23-33(31)37-3)19-20-30-24-34(38-4)32(36-2)22-28(30)18-16-26-13-9-6-10-14-26/h5-14,21-24H,1-4H3. The number of methoxy groups -OCH3 is 4. The summed E-state index contributed by atoms with van der Waals surface area (Å²) in [6.45, 7) is 0. The minimum atomic E-state index is 0.568. The smallest absolute Gasteiger partial charge is 0.162 e. The van der Waals surface area contributed by atoms with Gasteiger partial charge in [0.2, 0.25) is 0 Å². The van der Waals surface area contributed by atoms with Crippen molar-refractivity contribution in [3.63, 3.8) is 0 Å². The summed E-state index contributed by atoms with van der Waals surface area (Å²) in [6, 6.07) is 26.9. The Morgan fingerprint density at radius 2 is 0.632 bits per heavy atom. The predicted octanol–water partition coefficient (Wildman–Crippen LogP) is 5.92. The summed E-state index contributed by atoms with van der Waals surface area (Å²) in [5, 5.41) is 0. The third-order valence-electron chi connectivity index (χ3n) is 5.61. The van der Waals surface area contributed by atoms with Gasteiger partial charge >= 0.3 is 0 Å². The molecule has 0 heterocycles. The predicted molar refractivity (Wildman–Crippen MR) is 150 cm³/mol. The maximum absolute atomic E-state index is 5.52. The summed E-state index contributed by atoms with van der Waals surface area (Å²) in [5.41, 5.74) is 4.64. The van der Waals surface area contributed by atoms with Crippen molar-refractivity contribution >= 4 is 0 Å². The van der Waals surface area contributed by atoms with E-state index in [9.17, 15) is 0 Å². The monoisotopic (exact) mass is 498 g/mol. The van der Waals surface area contributed by atoms with E-state index in [2.05, 4.69) is 35.5 Å². The van der Waals surface area contributed by atoms with Gasteiger partial charge in [0.05, 0.1) is 28.4 Å². The van der Waals surface area contributed by atoms with Gasteiger partial charge in [-0.1, -0.05) is 71.9 Å². The Labute approximate surface area is 224 Å². The van der Waals surface area contributed by atoms with Crippen LogP contribution in [0.3, 0.4) is 0 Å². The molecule has 4 rings (SSSR count). The molecule has 4 aromatic carbocycles. The Hall–Kier alpha value is -5.24. The van der Waals surface area contributed by atoms with E-state index in [0.717, 1.165) is 22.3 Å². The van der Waals surface area contributed by atoms with Crippen molar-refractivity contribution < 1.29 is 18.9 Å². The van der Waals surface area contributed by atoms with Crippen LogP contribution in [0.4, 0.5) is 0 Å². The normalized spacial score (nSPS) is 9.47. The van der Waals surface area contributed by atoms with E-state index in [4.69, 9.17) is 18.9 Å². The van der Waals surface area contributed by atoms with Crippen molar-refractivity contribution in [1.82, 2.24) is 0 Å². The van der Waals surface area contributed by atoms with Crippen molar-refractivity contribution in [2.24, 2.45) is 0 Å². The largest absolute Gasteiger partial charge is 0.493 e. The Balaban J connectivity index is 1.85. The average molecular weight is 499 g/mol. The fourth-order valence-electron chi connectivity index (χ4n) is 3.63. The maximum atomic E-state index is 5.52. The lowest BCUT2D eigenvalue weighted by atomic mass is 10.0. The van der Waals surface area contributed by atoms with Crippen LogP contribution < -0.4 is 18.9 Å². The minimum Gasteiger partial charge on any atom is -0.493 e. The Bertz CT molecular complexity index is 1480. The molecule has 4 heteroatoms. The van der Waals surface area contributed by atoms with E-state index in [1.807, 2.05) is 84.9 Å². The topological polar surface area (TPSA) is 36.9 Å². The van der Waals surface area contributed by atoms with Gasteiger partial charge < -0.3 is 18.9 Å². The van der Waals surface area contributed by atoms with Gasteiger partial charge in [-0.3, -0.25) is 0 Å². The Kier molecular flexibility index (Phi) is 8.60. The van der Waals surface area contributed by atoms with E-state index < -0.39 is 0 Å². The molecular weight excluding hydrogens is 472 g/mol. The minimum absolute atomic E-state index is 0.568. The quantitative estimate of drug-likeness (QED) is 0.327. The SMILES string of the molecule is COc1cc(C#Cc2ccccc2)c(C#Cc2cc(OC)c(OC)cc2C#Cc2ccccc2)cc1OC. The van der Waals surface area contributed by atoms with Gasteiger partial charge in [-0.25, -0.2) is 0 Å². The summed E-state index contributed by atoms with van der Waals surface area (Å²) in [4.78, 5) is 0. The van der Waals surface area contributed by atoms with Gasteiger partial charge in [0.25, 0.3) is 0 Å². The number of hydrogen-bond donors (Lipinski definition) is 0. The van der Waals surface area contributed by atoms with Crippen molar-refractivity contribution in [3.8, 4) is 58.5 Å². The Morgan fingerprint density at radius 1 is 0.368 bits per heavy atom. The molecule has 4 aromatic rings. The highest BCUT2D eigenvalue weighted by molar-refractivity contribution is 5.64. The van der Waals surface area contributed by atoms with E-state index in [1.165, 1.54) is 0 Å². The van der Waals surface area contributed by atoms with Crippen molar-refractivity contribution in [2.75, 3.05) is 28.4 Å². The first-order chi connectivity index (χ1) is 18.6. The third-order valence-corrected chi connectivity index (χ3v) is 5.61. The Morgan fingerprint density at radius 3 is 0.895 bits per heavy atom. The molecule has 0 amide bonds.